The van der Waals surface area contributed by atoms with Crippen molar-refractivity contribution in [1.29, 1.82) is 0 Å². The molecule has 4 rings (SSSR count). The molecule has 1 fully saturated rings. The van der Waals surface area contributed by atoms with E-state index in [1.807, 2.05) is 24.3 Å². The molecule has 1 aromatic heterocycles. The van der Waals surface area contributed by atoms with Gasteiger partial charge < -0.3 is 9.30 Å². The first-order valence-electron chi connectivity index (χ1n) is 9.21. The van der Waals surface area contributed by atoms with Crippen molar-refractivity contribution >= 4 is 62.4 Å². The first kappa shape index (κ1) is 20.5. The highest BCUT2D eigenvalue weighted by Gasteiger charge is 2.37. The maximum absolute atomic E-state index is 13.1. The zero-order valence-corrected chi connectivity index (χ0v) is 17.9. The third-order valence-electron chi connectivity index (χ3n) is 4.81. The molecule has 2 aromatic carbocycles. The summed E-state index contributed by atoms with van der Waals surface area (Å²) in [7, 11) is 1.30. The number of halogens is 1. The maximum atomic E-state index is 13.1. The monoisotopic (exact) mass is 481 g/mol. The minimum atomic E-state index is -0.821. The highest BCUT2D eigenvalue weighted by Crippen LogP contribution is 2.27. The molecule has 3 aromatic rings. The lowest BCUT2D eigenvalue weighted by atomic mass is 10.1. The van der Waals surface area contributed by atoms with Crippen LogP contribution in [0.4, 0.5) is 10.5 Å². The van der Waals surface area contributed by atoms with Crippen molar-refractivity contribution in [2.24, 2.45) is 0 Å². The summed E-state index contributed by atoms with van der Waals surface area (Å²) in [5, 5.41) is 2.95. The molecular weight excluding hydrogens is 466 g/mol. The number of carbonyl (C=O) groups is 4. The van der Waals surface area contributed by atoms with E-state index in [0.29, 0.717) is 15.7 Å². The number of fused-ring (bicyclic) bond motifs is 1. The van der Waals surface area contributed by atoms with Crippen molar-refractivity contribution in [2.75, 3.05) is 12.0 Å². The number of benzene rings is 2. The van der Waals surface area contributed by atoms with Crippen LogP contribution in [-0.4, -0.2) is 35.5 Å². The average Bonchev–Trinajstić information content (AvgIpc) is 3.08. The van der Waals surface area contributed by atoms with Crippen LogP contribution in [0.15, 0.2) is 64.8 Å². The Bertz CT molecular complexity index is 1280. The Kier molecular flexibility index (Phi) is 5.43. The first-order valence-corrected chi connectivity index (χ1v) is 10.00. The van der Waals surface area contributed by atoms with Gasteiger partial charge in [-0.3, -0.25) is 19.7 Å². The second-order valence-corrected chi connectivity index (χ2v) is 7.66. The summed E-state index contributed by atoms with van der Waals surface area (Å²) < 4.78 is 7.10. The number of nitrogens with zero attached hydrogens (tertiary/aromatic N) is 2. The lowest BCUT2D eigenvalue weighted by Gasteiger charge is -2.26. The molecule has 0 aliphatic carbocycles. The van der Waals surface area contributed by atoms with Crippen molar-refractivity contribution in [2.45, 2.75) is 6.54 Å². The van der Waals surface area contributed by atoms with Crippen molar-refractivity contribution in [3.8, 4) is 0 Å². The number of esters is 1. The Morgan fingerprint density at radius 2 is 1.90 bits per heavy atom. The van der Waals surface area contributed by atoms with Crippen molar-refractivity contribution in [1.82, 2.24) is 9.88 Å². The van der Waals surface area contributed by atoms with E-state index in [9.17, 15) is 19.2 Å². The number of carbonyl (C=O) groups excluding carboxylic acids is 4. The highest BCUT2D eigenvalue weighted by atomic mass is 79.9. The van der Waals surface area contributed by atoms with Gasteiger partial charge in [0, 0.05) is 27.1 Å². The topological polar surface area (TPSA) is 97.7 Å². The third-order valence-corrected chi connectivity index (χ3v) is 5.31. The van der Waals surface area contributed by atoms with Crippen LogP contribution < -0.4 is 10.2 Å². The fourth-order valence-electron chi connectivity index (χ4n) is 3.39. The van der Waals surface area contributed by atoms with Crippen LogP contribution in [0.1, 0.15) is 5.56 Å². The molecule has 0 saturated carbocycles. The summed E-state index contributed by atoms with van der Waals surface area (Å²) in [6, 6.07) is 13.1. The molecule has 0 spiro atoms. The van der Waals surface area contributed by atoms with Crippen molar-refractivity contribution < 1.29 is 23.9 Å². The fourth-order valence-corrected chi connectivity index (χ4v) is 3.77. The molecule has 9 heteroatoms. The molecule has 8 nitrogen and oxygen atoms in total. The predicted octanol–water partition coefficient (Wildman–Crippen LogP) is 3.24. The molecule has 0 unspecified atom stereocenters. The number of amides is 4. The van der Waals surface area contributed by atoms with Gasteiger partial charge in [-0.05, 0) is 30.3 Å². The van der Waals surface area contributed by atoms with Gasteiger partial charge in [0.05, 0.1) is 12.8 Å². The van der Waals surface area contributed by atoms with Gasteiger partial charge >= 0.3 is 12.0 Å². The lowest BCUT2D eigenvalue weighted by molar-refractivity contribution is -0.141. The maximum Gasteiger partial charge on any atom is 0.335 e. The minimum Gasteiger partial charge on any atom is -0.468 e. The van der Waals surface area contributed by atoms with Crippen LogP contribution in [-0.2, 0) is 25.7 Å². The summed E-state index contributed by atoms with van der Waals surface area (Å²) in [6.45, 7) is -0.0248. The first-order chi connectivity index (χ1) is 14.9. The van der Waals surface area contributed by atoms with Gasteiger partial charge in [-0.15, -0.1) is 0 Å². The smallest absolute Gasteiger partial charge is 0.335 e. The molecule has 2 heterocycles. The van der Waals surface area contributed by atoms with Crippen molar-refractivity contribution in [3.05, 3.63) is 70.3 Å². The number of rotatable bonds is 4. The number of anilines is 1. The number of imide groups is 2. The van der Waals surface area contributed by atoms with Gasteiger partial charge in [-0.1, -0.05) is 40.2 Å². The molecule has 4 amide bonds. The number of para-hydroxylation sites is 1. The number of methoxy groups -OCH3 is 1. The molecular formula is C22H16BrN3O5. The van der Waals surface area contributed by atoms with Crippen LogP contribution in [0.25, 0.3) is 17.0 Å². The fraction of sp³-hybridized carbons (Fsp3) is 0.0909. The molecule has 1 saturated heterocycles. The number of nitrogens with one attached hydrogen (secondary N) is 1. The standard InChI is InChI=1S/C22H16BrN3O5/c1-31-19(27)12-25-11-13(16-7-2-3-8-18(16)25)9-17-20(28)24-22(30)26(21(17)29)15-6-4-5-14(23)10-15/h2-11H,12H2,1H3,(H,24,28,30)/b17-9+. The quantitative estimate of drug-likeness (QED) is 0.350. The second kappa shape index (κ2) is 8.19. The summed E-state index contributed by atoms with van der Waals surface area (Å²) in [4.78, 5) is 50.6. The van der Waals surface area contributed by atoms with E-state index in [4.69, 9.17) is 4.74 Å². The van der Waals surface area contributed by atoms with Crippen LogP contribution in [0.3, 0.4) is 0 Å². The number of hydrogen-bond donors (Lipinski definition) is 1. The largest absolute Gasteiger partial charge is 0.468 e. The van der Waals surface area contributed by atoms with E-state index in [2.05, 4.69) is 21.2 Å². The Morgan fingerprint density at radius 1 is 1.13 bits per heavy atom. The van der Waals surface area contributed by atoms with E-state index in [0.717, 1.165) is 15.8 Å². The van der Waals surface area contributed by atoms with Crippen molar-refractivity contribution in [3.63, 3.8) is 0 Å². The van der Waals surface area contributed by atoms with Crippen LogP contribution in [0.2, 0.25) is 0 Å². The molecule has 0 bridgehead atoms. The van der Waals surface area contributed by atoms with Gasteiger partial charge in [0.1, 0.15) is 12.1 Å². The predicted molar refractivity (Wildman–Crippen MR) is 117 cm³/mol. The number of aromatic nitrogens is 1. The summed E-state index contributed by atoms with van der Waals surface area (Å²) >= 11 is 3.31. The summed E-state index contributed by atoms with van der Waals surface area (Å²) in [5.74, 6) is -1.96. The highest BCUT2D eigenvalue weighted by molar-refractivity contribution is 9.10. The Labute approximate surface area is 185 Å². The molecule has 1 aliphatic rings. The van der Waals surface area contributed by atoms with Crippen LogP contribution in [0.5, 0.6) is 0 Å². The number of urea groups is 1. The average molecular weight is 482 g/mol. The minimum absolute atomic E-state index is 0.0248. The Morgan fingerprint density at radius 3 is 2.65 bits per heavy atom. The molecule has 1 aliphatic heterocycles. The van der Waals surface area contributed by atoms with Crippen LogP contribution >= 0.6 is 15.9 Å². The van der Waals surface area contributed by atoms with E-state index < -0.39 is 23.8 Å². The van der Waals surface area contributed by atoms with Gasteiger partial charge in [-0.25, -0.2) is 9.69 Å². The molecule has 1 N–H and O–H groups in total. The van der Waals surface area contributed by atoms with E-state index in [1.54, 1.807) is 35.0 Å². The zero-order valence-electron chi connectivity index (χ0n) is 16.3. The Balaban J connectivity index is 1.79. The van der Waals surface area contributed by atoms with Crippen LogP contribution in [0, 0.1) is 0 Å². The number of hydrogen-bond acceptors (Lipinski definition) is 5. The summed E-state index contributed by atoms with van der Waals surface area (Å²) in [6.07, 6.45) is 3.08. The van der Waals surface area contributed by atoms with Gasteiger partial charge in [0.2, 0.25) is 0 Å². The Hall–Kier alpha value is -3.72. The lowest BCUT2D eigenvalue weighted by Crippen LogP contribution is -2.54. The molecule has 0 atom stereocenters. The third kappa shape index (κ3) is 3.87. The summed E-state index contributed by atoms with van der Waals surface area (Å²) in [5.41, 5.74) is 1.42. The number of barbiturate groups is 1. The van der Waals surface area contributed by atoms with E-state index >= 15 is 0 Å². The van der Waals surface area contributed by atoms with E-state index in [-0.39, 0.29) is 12.1 Å². The zero-order chi connectivity index (χ0) is 22.1. The van der Waals surface area contributed by atoms with Gasteiger partial charge in [0.25, 0.3) is 11.8 Å². The normalized spacial score (nSPS) is 15.5. The molecule has 0 radical (unpaired) electrons. The molecule has 156 valence electrons. The molecule has 31 heavy (non-hydrogen) atoms. The second-order valence-electron chi connectivity index (χ2n) is 6.74. The van der Waals surface area contributed by atoms with Gasteiger partial charge in [0.15, 0.2) is 0 Å². The SMILES string of the molecule is COC(=O)Cn1cc(/C=C2\C(=O)NC(=O)N(c3cccc(Br)c3)C2=O)c2ccccc21. The number of ether oxygens (including phenoxy) is 1. The van der Waals surface area contributed by atoms with E-state index in [1.165, 1.54) is 13.2 Å². The van der Waals surface area contributed by atoms with Gasteiger partial charge in [-0.2, -0.15) is 0 Å².